The number of benzene rings is 3. The van der Waals surface area contributed by atoms with Gasteiger partial charge in [0.15, 0.2) is 0 Å². The molecule has 3 aromatic rings. The highest BCUT2D eigenvalue weighted by Gasteiger charge is 2.38. The van der Waals surface area contributed by atoms with Crippen molar-refractivity contribution in [3.63, 3.8) is 0 Å². The molecule has 0 bridgehead atoms. The Morgan fingerprint density at radius 2 is 1.54 bits per heavy atom. The van der Waals surface area contributed by atoms with Crippen molar-refractivity contribution in [2.75, 3.05) is 22.6 Å². The van der Waals surface area contributed by atoms with Crippen LogP contribution in [-0.2, 0) is 16.0 Å². The maximum atomic E-state index is 13.3. The topological polar surface area (TPSA) is 78.5 Å². The highest BCUT2D eigenvalue weighted by atomic mass is 35.5. The standard InChI is InChI=1S/C26H20Cl5N3O3/c1-26(30,31)23(14-7-15(27)11-16(28)8-14)25(37)33-18-3-5-20(29)19(12-18)24(36)32-17-4-6-21-13(9-17)10-22(35)34(21)2/h3-9,11-12,23H,10H2,1-2H3,(H,32,36)(H,33,37). The molecule has 11 heteroatoms. The van der Waals surface area contributed by atoms with Crippen LogP contribution in [0.2, 0.25) is 15.1 Å². The maximum absolute atomic E-state index is 13.3. The molecule has 0 fully saturated rings. The second-order valence-electron chi connectivity index (χ2n) is 8.70. The highest BCUT2D eigenvalue weighted by molar-refractivity contribution is 6.50. The average Bonchev–Trinajstić information content (AvgIpc) is 3.06. The smallest absolute Gasteiger partial charge is 0.257 e. The van der Waals surface area contributed by atoms with Crippen molar-refractivity contribution in [1.82, 2.24) is 0 Å². The maximum Gasteiger partial charge on any atom is 0.257 e. The number of hydrogen-bond donors (Lipinski definition) is 2. The number of rotatable bonds is 6. The van der Waals surface area contributed by atoms with Gasteiger partial charge in [-0.2, -0.15) is 0 Å². The first-order chi connectivity index (χ1) is 17.3. The molecule has 3 aromatic carbocycles. The molecule has 0 aliphatic carbocycles. The third kappa shape index (κ3) is 6.16. The van der Waals surface area contributed by atoms with Crippen LogP contribution in [0.4, 0.5) is 17.1 Å². The molecule has 37 heavy (non-hydrogen) atoms. The normalized spacial score (nSPS) is 13.8. The molecule has 192 valence electrons. The first-order valence-corrected chi connectivity index (χ1v) is 12.9. The molecule has 1 heterocycles. The number of nitrogens with one attached hydrogen (secondary N) is 2. The number of anilines is 3. The Hall–Kier alpha value is -2.48. The van der Waals surface area contributed by atoms with Crippen LogP contribution in [0.15, 0.2) is 54.6 Å². The summed E-state index contributed by atoms with van der Waals surface area (Å²) in [7, 11) is 1.70. The number of fused-ring (bicyclic) bond motifs is 1. The van der Waals surface area contributed by atoms with Gasteiger partial charge in [0.05, 0.1) is 22.9 Å². The first-order valence-electron chi connectivity index (χ1n) is 11.0. The molecule has 0 radical (unpaired) electrons. The zero-order valence-electron chi connectivity index (χ0n) is 19.5. The van der Waals surface area contributed by atoms with Gasteiger partial charge < -0.3 is 15.5 Å². The minimum atomic E-state index is -1.51. The van der Waals surface area contributed by atoms with Crippen molar-refractivity contribution in [2.24, 2.45) is 0 Å². The summed E-state index contributed by atoms with van der Waals surface area (Å²) in [5, 5.41) is 6.36. The summed E-state index contributed by atoms with van der Waals surface area (Å²) in [5.74, 6) is -2.08. The molecule has 2 N–H and O–H groups in total. The number of likely N-dealkylation sites (N-methyl/N-ethyl adjacent to an activating group) is 1. The van der Waals surface area contributed by atoms with Crippen molar-refractivity contribution < 1.29 is 14.4 Å². The molecule has 4 rings (SSSR count). The predicted octanol–water partition coefficient (Wildman–Crippen LogP) is 7.33. The third-order valence-electron chi connectivity index (χ3n) is 5.88. The summed E-state index contributed by atoms with van der Waals surface area (Å²) in [6, 6.07) is 14.4. The fraction of sp³-hybridized carbons (Fsp3) is 0.192. The van der Waals surface area contributed by atoms with Crippen molar-refractivity contribution >= 4 is 92.8 Å². The van der Waals surface area contributed by atoms with Gasteiger partial charge in [-0.05, 0) is 72.6 Å². The van der Waals surface area contributed by atoms with E-state index in [-0.39, 0.29) is 22.9 Å². The number of nitrogens with zero attached hydrogens (tertiary/aromatic N) is 1. The van der Waals surface area contributed by atoms with E-state index in [1.54, 1.807) is 48.3 Å². The summed E-state index contributed by atoms with van der Waals surface area (Å²) >= 11 is 31.3. The van der Waals surface area contributed by atoms with Crippen LogP contribution in [0.3, 0.4) is 0 Å². The zero-order valence-corrected chi connectivity index (χ0v) is 23.3. The molecule has 1 aliphatic rings. The number of amides is 3. The molecule has 1 atom stereocenters. The molecule has 0 spiro atoms. The van der Waals surface area contributed by atoms with Crippen LogP contribution in [0.25, 0.3) is 0 Å². The molecule has 3 amide bonds. The van der Waals surface area contributed by atoms with Crippen LogP contribution in [0.1, 0.15) is 34.3 Å². The quantitative estimate of drug-likeness (QED) is 0.291. The van der Waals surface area contributed by atoms with Gasteiger partial charge >= 0.3 is 0 Å². The monoisotopic (exact) mass is 597 g/mol. The first kappa shape index (κ1) is 27.6. The van der Waals surface area contributed by atoms with Gasteiger partial charge in [-0.1, -0.05) is 34.8 Å². The lowest BCUT2D eigenvalue weighted by atomic mass is 9.94. The second-order valence-corrected chi connectivity index (χ2v) is 11.7. The highest BCUT2D eigenvalue weighted by Crippen LogP contribution is 2.40. The minimum absolute atomic E-state index is 0.0201. The lowest BCUT2D eigenvalue weighted by molar-refractivity contribution is -0.118. The third-order valence-corrected chi connectivity index (χ3v) is 7.08. The van der Waals surface area contributed by atoms with Gasteiger partial charge in [0.25, 0.3) is 5.91 Å². The van der Waals surface area contributed by atoms with Gasteiger partial charge in [-0.25, -0.2) is 0 Å². The lowest BCUT2D eigenvalue weighted by Crippen LogP contribution is -2.32. The largest absolute Gasteiger partial charge is 0.325 e. The Morgan fingerprint density at radius 3 is 2.19 bits per heavy atom. The van der Waals surface area contributed by atoms with Crippen LogP contribution < -0.4 is 15.5 Å². The summed E-state index contributed by atoms with van der Waals surface area (Å²) in [4.78, 5) is 39.8. The molecule has 1 unspecified atom stereocenters. The number of carbonyl (C=O) groups is 3. The molecular formula is C26H20Cl5N3O3. The Kier molecular flexibility index (Phi) is 7.98. The predicted molar refractivity (Wildman–Crippen MR) is 151 cm³/mol. The number of alkyl halides is 2. The van der Waals surface area contributed by atoms with Gasteiger partial charge in [-0.3, -0.25) is 14.4 Å². The second kappa shape index (κ2) is 10.7. The molecule has 0 saturated carbocycles. The Labute approximate surface area is 238 Å². The summed E-state index contributed by atoms with van der Waals surface area (Å²) in [5.41, 5.74) is 2.98. The van der Waals surface area contributed by atoms with Crippen LogP contribution in [0, 0.1) is 0 Å². The van der Waals surface area contributed by atoms with E-state index in [1.165, 1.54) is 25.1 Å². The molecule has 1 aliphatic heterocycles. The van der Waals surface area contributed by atoms with Crippen LogP contribution in [0.5, 0.6) is 0 Å². The lowest BCUT2D eigenvalue weighted by Gasteiger charge is -2.26. The van der Waals surface area contributed by atoms with Gasteiger partial charge in [-0.15, -0.1) is 23.2 Å². The molecule has 0 saturated heterocycles. The van der Waals surface area contributed by atoms with E-state index >= 15 is 0 Å². The number of halogens is 5. The van der Waals surface area contributed by atoms with Crippen molar-refractivity contribution in [2.45, 2.75) is 23.6 Å². The van der Waals surface area contributed by atoms with E-state index in [1.807, 2.05) is 0 Å². The summed E-state index contributed by atoms with van der Waals surface area (Å²) < 4.78 is -1.51. The number of hydrogen-bond acceptors (Lipinski definition) is 3. The zero-order chi connectivity index (χ0) is 27.1. The minimum Gasteiger partial charge on any atom is -0.325 e. The Morgan fingerprint density at radius 1 is 0.919 bits per heavy atom. The summed E-state index contributed by atoms with van der Waals surface area (Å²) in [6.45, 7) is 1.48. The molecule has 0 aromatic heterocycles. The Bertz CT molecular complexity index is 1400. The Balaban J connectivity index is 1.56. The van der Waals surface area contributed by atoms with Crippen LogP contribution >= 0.6 is 58.0 Å². The van der Waals surface area contributed by atoms with Crippen molar-refractivity contribution in [1.29, 1.82) is 0 Å². The fourth-order valence-corrected chi connectivity index (χ4v) is 5.35. The van der Waals surface area contributed by atoms with Gasteiger partial charge in [0.1, 0.15) is 4.33 Å². The van der Waals surface area contributed by atoms with Gasteiger partial charge in [0, 0.05) is 34.2 Å². The molecular weight excluding hydrogens is 580 g/mol. The van der Waals surface area contributed by atoms with E-state index < -0.39 is 22.1 Å². The summed E-state index contributed by atoms with van der Waals surface area (Å²) in [6.07, 6.45) is 0.261. The fourth-order valence-electron chi connectivity index (χ4n) is 4.15. The van der Waals surface area contributed by atoms with E-state index in [0.29, 0.717) is 27.0 Å². The van der Waals surface area contributed by atoms with Gasteiger partial charge in [0.2, 0.25) is 11.8 Å². The van der Waals surface area contributed by atoms with Crippen molar-refractivity contribution in [3.8, 4) is 0 Å². The number of carbonyl (C=O) groups excluding carboxylic acids is 3. The average molecular weight is 600 g/mol. The van der Waals surface area contributed by atoms with E-state index in [4.69, 9.17) is 58.0 Å². The van der Waals surface area contributed by atoms with Crippen LogP contribution in [-0.4, -0.2) is 29.1 Å². The molecule has 6 nitrogen and oxygen atoms in total. The van der Waals surface area contributed by atoms with E-state index in [0.717, 1.165) is 11.3 Å². The van der Waals surface area contributed by atoms with Crippen molar-refractivity contribution in [3.05, 3.63) is 86.4 Å². The SMILES string of the molecule is CN1C(=O)Cc2cc(NC(=O)c3cc(NC(=O)C(c4cc(Cl)cc(Cl)c4)C(C)(Cl)Cl)ccc3Cl)ccc21. The van der Waals surface area contributed by atoms with E-state index in [9.17, 15) is 14.4 Å². The van der Waals surface area contributed by atoms with E-state index in [2.05, 4.69) is 10.6 Å².